The van der Waals surface area contributed by atoms with Crippen LogP contribution in [0.4, 0.5) is 5.69 Å². The van der Waals surface area contributed by atoms with Gasteiger partial charge in [0.05, 0.1) is 6.04 Å². The van der Waals surface area contributed by atoms with Crippen LogP contribution >= 0.6 is 31.9 Å². The van der Waals surface area contributed by atoms with Crippen molar-refractivity contribution in [2.75, 3.05) is 5.73 Å². The van der Waals surface area contributed by atoms with Gasteiger partial charge < -0.3 is 11.1 Å². The van der Waals surface area contributed by atoms with Crippen LogP contribution in [-0.2, 0) is 0 Å². The van der Waals surface area contributed by atoms with Crippen LogP contribution < -0.4 is 11.1 Å². The molecule has 0 spiro atoms. The Morgan fingerprint density at radius 2 is 1.95 bits per heavy atom. The quantitative estimate of drug-likeness (QED) is 0.759. The second-order valence-corrected chi connectivity index (χ2v) is 6.26. The van der Waals surface area contributed by atoms with Gasteiger partial charge in [-0.1, -0.05) is 28.1 Å². The van der Waals surface area contributed by atoms with Gasteiger partial charge in [0.15, 0.2) is 0 Å². The van der Waals surface area contributed by atoms with Crippen LogP contribution in [0.25, 0.3) is 0 Å². The molecular weight excluding hydrogens is 384 g/mol. The fourth-order valence-corrected chi connectivity index (χ4v) is 2.49. The Morgan fingerprint density at radius 1 is 1.20 bits per heavy atom. The molecule has 0 unspecified atom stereocenters. The maximum Gasteiger partial charge on any atom is 0.251 e. The van der Waals surface area contributed by atoms with E-state index in [1.54, 1.807) is 18.2 Å². The molecule has 20 heavy (non-hydrogen) atoms. The molecule has 0 aromatic heterocycles. The Bertz CT molecular complexity index is 644. The molecule has 3 N–H and O–H groups in total. The highest BCUT2D eigenvalue weighted by Gasteiger charge is 2.12. The smallest absolute Gasteiger partial charge is 0.251 e. The first-order valence-electron chi connectivity index (χ1n) is 6.08. The van der Waals surface area contributed by atoms with E-state index in [1.165, 1.54) is 0 Å². The maximum atomic E-state index is 12.2. The number of rotatable bonds is 3. The zero-order valence-electron chi connectivity index (χ0n) is 10.9. The minimum absolute atomic E-state index is 0.0788. The minimum Gasteiger partial charge on any atom is -0.398 e. The second kappa shape index (κ2) is 6.41. The number of hydrogen-bond acceptors (Lipinski definition) is 2. The summed E-state index contributed by atoms with van der Waals surface area (Å²) in [5.41, 5.74) is 7.92. The lowest BCUT2D eigenvalue weighted by Crippen LogP contribution is -2.26. The first kappa shape index (κ1) is 15.1. The van der Waals surface area contributed by atoms with Crippen molar-refractivity contribution in [3.8, 4) is 0 Å². The van der Waals surface area contributed by atoms with Gasteiger partial charge in [0.25, 0.3) is 5.91 Å². The molecule has 2 rings (SSSR count). The van der Waals surface area contributed by atoms with E-state index < -0.39 is 0 Å². The molecular formula is C15H14Br2N2O. The van der Waals surface area contributed by atoms with Crippen molar-refractivity contribution in [2.24, 2.45) is 0 Å². The van der Waals surface area contributed by atoms with Gasteiger partial charge >= 0.3 is 0 Å². The third-order valence-corrected chi connectivity index (χ3v) is 4.17. The van der Waals surface area contributed by atoms with Gasteiger partial charge in [-0.15, -0.1) is 0 Å². The SMILES string of the molecule is C[C@H](NC(=O)c1ccc(Br)c(N)c1)c1cccc(Br)c1. The number of halogens is 2. The largest absolute Gasteiger partial charge is 0.398 e. The van der Waals surface area contributed by atoms with E-state index in [9.17, 15) is 4.79 Å². The number of carbonyl (C=O) groups excluding carboxylic acids is 1. The molecule has 0 fully saturated rings. The Balaban J connectivity index is 2.13. The predicted octanol–water partition coefficient (Wildman–Crippen LogP) is 4.28. The second-order valence-electron chi connectivity index (χ2n) is 4.49. The Morgan fingerprint density at radius 3 is 2.60 bits per heavy atom. The molecule has 3 nitrogen and oxygen atoms in total. The summed E-state index contributed by atoms with van der Waals surface area (Å²) in [4.78, 5) is 12.2. The van der Waals surface area contributed by atoms with Gasteiger partial charge in [-0.3, -0.25) is 4.79 Å². The number of anilines is 1. The number of benzene rings is 2. The highest BCUT2D eigenvalue weighted by atomic mass is 79.9. The van der Waals surface area contributed by atoms with E-state index in [-0.39, 0.29) is 11.9 Å². The molecule has 0 aliphatic rings. The molecule has 0 aliphatic heterocycles. The molecule has 1 atom stereocenters. The minimum atomic E-state index is -0.142. The van der Waals surface area contributed by atoms with Crippen LogP contribution in [0.3, 0.4) is 0 Å². The van der Waals surface area contributed by atoms with Crippen molar-refractivity contribution >= 4 is 43.5 Å². The van der Waals surface area contributed by atoms with Crippen LogP contribution in [0.15, 0.2) is 51.4 Å². The average Bonchev–Trinajstić information content (AvgIpc) is 2.41. The van der Waals surface area contributed by atoms with Crippen molar-refractivity contribution in [3.05, 3.63) is 62.5 Å². The standard InChI is InChI=1S/C15H14Br2N2O/c1-9(10-3-2-4-12(16)7-10)19-15(20)11-5-6-13(17)14(18)8-11/h2-9H,18H2,1H3,(H,19,20)/t9-/m0/s1. The molecule has 5 heteroatoms. The zero-order valence-corrected chi connectivity index (χ0v) is 14.0. The van der Waals surface area contributed by atoms with E-state index in [0.29, 0.717) is 11.3 Å². The fraction of sp³-hybridized carbons (Fsp3) is 0.133. The molecule has 1 amide bonds. The van der Waals surface area contributed by atoms with Crippen molar-refractivity contribution in [3.63, 3.8) is 0 Å². The summed E-state index contributed by atoms with van der Waals surface area (Å²) in [6, 6.07) is 13.0. The number of hydrogen-bond donors (Lipinski definition) is 2. The van der Waals surface area contributed by atoms with Crippen molar-refractivity contribution in [1.29, 1.82) is 0 Å². The highest BCUT2D eigenvalue weighted by Crippen LogP contribution is 2.21. The summed E-state index contributed by atoms with van der Waals surface area (Å²) in [6.07, 6.45) is 0. The number of nitrogens with two attached hydrogens (primary N) is 1. The summed E-state index contributed by atoms with van der Waals surface area (Å²) < 4.78 is 1.78. The summed E-state index contributed by atoms with van der Waals surface area (Å²) in [7, 11) is 0. The Hall–Kier alpha value is -1.33. The molecule has 0 heterocycles. The normalized spacial score (nSPS) is 11.9. The van der Waals surface area contributed by atoms with E-state index in [4.69, 9.17) is 5.73 Å². The van der Waals surface area contributed by atoms with Gasteiger partial charge in [-0.25, -0.2) is 0 Å². The topological polar surface area (TPSA) is 55.1 Å². The monoisotopic (exact) mass is 396 g/mol. The van der Waals surface area contributed by atoms with E-state index in [2.05, 4.69) is 37.2 Å². The van der Waals surface area contributed by atoms with Crippen LogP contribution in [0, 0.1) is 0 Å². The molecule has 0 saturated carbocycles. The number of carbonyl (C=O) groups is 1. The van der Waals surface area contributed by atoms with Crippen LogP contribution in [0.1, 0.15) is 28.9 Å². The van der Waals surface area contributed by atoms with Gasteiger partial charge in [0.1, 0.15) is 0 Å². The Labute approximate surface area is 134 Å². The average molecular weight is 398 g/mol. The summed E-state index contributed by atoms with van der Waals surface area (Å²) in [6.45, 7) is 1.95. The van der Waals surface area contributed by atoms with Crippen LogP contribution in [0.5, 0.6) is 0 Å². The molecule has 0 saturated heterocycles. The number of nitrogen functional groups attached to an aromatic ring is 1. The first-order chi connectivity index (χ1) is 9.47. The predicted molar refractivity (Wildman–Crippen MR) is 88.6 cm³/mol. The van der Waals surface area contributed by atoms with Gasteiger partial charge in [0, 0.05) is 20.2 Å². The van der Waals surface area contributed by atoms with Crippen LogP contribution in [-0.4, -0.2) is 5.91 Å². The van der Waals surface area contributed by atoms with Crippen molar-refractivity contribution in [1.82, 2.24) is 5.32 Å². The van der Waals surface area contributed by atoms with Crippen molar-refractivity contribution in [2.45, 2.75) is 13.0 Å². The zero-order chi connectivity index (χ0) is 14.7. The molecule has 2 aromatic carbocycles. The van der Waals surface area contributed by atoms with Gasteiger partial charge in [-0.05, 0) is 58.7 Å². The molecule has 104 valence electrons. The van der Waals surface area contributed by atoms with E-state index >= 15 is 0 Å². The third kappa shape index (κ3) is 3.61. The highest BCUT2D eigenvalue weighted by molar-refractivity contribution is 9.10. The lowest BCUT2D eigenvalue weighted by molar-refractivity contribution is 0.0940. The van der Waals surface area contributed by atoms with E-state index in [0.717, 1.165) is 14.5 Å². The molecule has 0 aliphatic carbocycles. The summed E-state index contributed by atoms with van der Waals surface area (Å²) in [5, 5.41) is 2.96. The molecule has 0 bridgehead atoms. The maximum absolute atomic E-state index is 12.2. The van der Waals surface area contributed by atoms with E-state index in [1.807, 2.05) is 31.2 Å². The lowest BCUT2D eigenvalue weighted by atomic mass is 10.1. The van der Waals surface area contributed by atoms with Gasteiger partial charge in [0.2, 0.25) is 0 Å². The number of nitrogens with one attached hydrogen (secondary N) is 1. The number of amides is 1. The molecule has 2 aromatic rings. The Kier molecular flexibility index (Phi) is 4.83. The first-order valence-corrected chi connectivity index (χ1v) is 7.67. The summed E-state index contributed by atoms with van der Waals surface area (Å²) in [5.74, 6) is -0.142. The van der Waals surface area contributed by atoms with Crippen LogP contribution in [0.2, 0.25) is 0 Å². The fourth-order valence-electron chi connectivity index (χ4n) is 1.82. The van der Waals surface area contributed by atoms with Gasteiger partial charge in [-0.2, -0.15) is 0 Å². The van der Waals surface area contributed by atoms with Crippen molar-refractivity contribution < 1.29 is 4.79 Å². The molecule has 0 radical (unpaired) electrons. The summed E-state index contributed by atoms with van der Waals surface area (Å²) >= 11 is 6.74. The lowest BCUT2D eigenvalue weighted by Gasteiger charge is -2.15. The third-order valence-electron chi connectivity index (χ3n) is 2.95.